The van der Waals surface area contributed by atoms with Crippen LogP contribution in [0.5, 0.6) is 0 Å². The number of nitrogens with one attached hydrogen (secondary N) is 2. The molecule has 0 saturated heterocycles. The minimum Gasteiger partial charge on any atom is -0.343 e. The van der Waals surface area contributed by atoms with Gasteiger partial charge in [0.25, 0.3) is 5.91 Å². The Morgan fingerprint density at radius 2 is 2.00 bits per heavy atom. The summed E-state index contributed by atoms with van der Waals surface area (Å²) >= 11 is 5.30. The Hall–Kier alpha value is -2.81. The number of amides is 1. The van der Waals surface area contributed by atoms with Crippen LogP contribution in [0.25, 0.3) is 5.69 Å². The first-order valence-corrected chi connectivity index (χ1v) is 10.3. The van der Waals surface area contributed by atoms with Gasteiger partial charge in [-0.25, -0.2) is 9.07 Å². The summed E-state index contributed by atoms with van der Waals surface area (Å²) in [5.74, 6) is 0.217. The zero-order valence-electron chi connectivity index (χ0n) is 15.8. The zero-order chi connectivity index (χ0) is 20.0. The fourth-order valence-electron chi connectivity index (χ4n) is 3.99. The summed E-state index contributed by atoms with van der Waals surface area (Å²) in [6, 6.07) is 6.58. The van der Waals surface area contributed by atoms with Gasteiger partial charge in [-0.3, -0.25) is 14.5 Å². The van der Waals surface area contributed by atoms with Crippen molar-refractivity contribution in [1.82, 2.24) is 29.9 Å². The third-order valence-corrected chi connectivity index (χ3v) is 5.85. The number of halogens is 1. The number of nitrogens with zero attached hydrogens (tertiary/aromatic N) is 4. The number of aromatic amines is 1. The molecular formula is C20H21FN6OS. The molecule has 0 spiro atoms. The summed E-state index contributed by atoms with van der Waals surface area (Å²) in [5.41, 5.74) is 3.22. The smallest absolute Gasteiger partial charge is 0.272 e. The van der Waals surface area contributed by atoms with Crippen molar-refractivity contribution in [2.45, 2.75) is 51.1 Å². The molecule has 2 heterocycles. The summed E-state index contributed by atoms with van der Waals surface area (Å²) in [7, 11) is 0. The number of hydrogen-bond donors (Lipinski definition) is 2. The average Bonchev–Trinajstić information content (AvgIpc) is 3.39. The van der Waals surface area contributed by atoms with E-state index in [-0.39, 0.29) is 11.7 Å². The van der Waals surface area contributed by atoms with Crippen LogP contribution in [0.4, 0.5) is 4.39 Å². The van der Waals surface area contributed by atoms with E-state index >= 15 is 0 Å². The van der Waals surface area contributed by atoms with E-state index in [9.17, 15) is 9.18 Å². The number of hydrogen-bond acceptors (Lipinski definition) is 4. The molecule has 2 aromatic heterocycles. The van der Waals surface area contributed by atoms with Crippen LogP contribution in [0.3, 0.4) is 0 Å². The van der Waals surface area contributed by atoms with Crippen LogP contribution in [-0.2, 0) is 19.4 Å². The standard InChI is InChI=1S/C20H21FN6OS/c21-12-5-7-14(8-6-12)27-16-4-2-1-3-15(16)18(25-27)19(28)22-11-17-23-24-20(29)26(17)13-9-10-13/h5-8,13H,1-4,9-11H2,(H,22,28)(H,24,29). The Kier molecular flexibility index (Phi) is 4.54. The fraction of sp³-hybridized carbons (Fsp3) is 0.400. The first-order valence-electron chi connectivity index (χ1n) is 9.92. The van der Waals surface area contributed by atoms with Crippen molar-refractivity contribution in [3.63, 3.8) is 0 Å². The molecule has 1 aromatic carbocycles. The maximum atomic E-state index is 13.3. The molecule has 2 N–H and O–H groups in total. The average molecular weight is 412 g/mol. The van der Waals surface area contributed by atoms with Crippen LogP contribution in [0.2, 0.25) is 0 Å². The Balaban J connectivity index is 1.42. The number of carbonyl (C=O) groups excluding carboxylic acids is 1. The summed E-state index contributed by atoms with van der Waals surface area (Å²) in [6.45, 7) is 0.292. The second-order valence-electron chi connectivity index (χ2n) is 7.60. The molecule has 7 nitrogen and oxygen atoms in total. The third kappa shape index (κ3) is 3.39. The molecule has 2 aliphatic carbocycles. The largest absolute Gasteiger partial charge is 0.343 e. The quantitative estimate of drug-likeness (QED) is 0.630. The van der Waals surface area contributed by atoms with Crippen molar-refractivity contribution >= 4 is 18.1 Å². The van der Waals surface area contributed by atoms with Gasteiger partial charge in [-0.15, -0.1) is 0 Å². The van der Waals surface area contributed by atoms with E-state index in [2.05, 4.69) is 20.6 Å². The highest BCUT2D eigenvalue weighted by Gasteiger charge is 2.28. The molecule has 1 saturated carbocycles. The monoisotopic (exact) mass is 412 g/mol. The van der Waals surface area contributed by atoms with Crippen LogP contribution in [0.15, 0.2) is 24.3 Å². The summed E-state index contributed by atoms with van der Waals surface area (Å²) in [6.07, 6.45) is 5.93. The maximum absolute atomic E-state index is 13.3. The Morgan fingerprint density at radius 1 is 1.24 bits per heavy atom. The van der Waals surface area contributed by atoms with Gasteiger partial charge in [0, 0.05) is 17.3 Å². The number of benzene rings is 1. The van der Waals surface area contributed by atoms with E-state index in [0.717, 1.165) is 61.3 Å². The highest BCUT2D eigenvalue weighted by Crippen LogP contribution is 2.35. The Bertz CT molecular complexity index is 1130. The van der Waals surface area contributed by atoms with Gasteiger partial charge in [0.15, 0.2) is 16.3 Å². The summed E-state index contributed by atoms with van der Waals surface area (Å²) in [5, 5.41) is 14.6. The summed E-state index contributed by atoms with van der Waals surface area (Å²) in [4.78, 5) is 13.0. The lowest BCUT2D eigenvalue weighted by molar-refractivity contribution is 0.0943. The van der Waals surface area contributed by atoms with Gasteiger partial charge >= 0.3 is 0 Å². The number of aromatic nitrogens is 5. The minimum atomic E-state index is -0.295. The third-order valence-electron chi connectivity index (χ3n) is 5.56. The molecule has 1 amide bonds. The molecule has 0 radical (unpaired) electrons. The second-order valence-corrected chi connectivity index (χ2v) is 7.98. The van der Waals surface area contributed by atoms with Crippen molar-refractivity contribution < 1.29 is 9.18 Å². The number of carbonyl (C=O) groups is 1. The molecule has 3 aromatic rings. The van der Waals surface area contributed by atoms with Gasteiger partial charge in [-0.2, -0.15) is 10.2 Å². The molecule has 1 fully saturated rings. The molecular weight excluding hydrogens is 391 g/mol. The topological polar surface area (TPSA) is 80.5 Å². The van der Waals surface area contributed by atoms with Gasteiger partial charge in [0.2, 0.25) is 0 Å². The van der Waals surface area contributed by atoms with Gasteiger partial charge < -0.3 is 5.32 Å². The molecule has 29 heavy (non-hydrogen) atoms. The van der Waals surface area contributed by atoms with Crippen LogP contribution in [0.1, 0.15) is 59.3 Å². The van der Waals surface area contributed by atoms with Crippen molar-refractivity contribution in [3.05, 3.63) is 57.6 Å². The molecule has 2 aliphatic rings. The van der Waals surface area contributed by atoms with E-state index < -0.39 is 0 Å². The van der Waals surface area contributed by atoms with E-state index in [1.807, 2.05) is 4.57 Å². The number of fused-ring (bicyclic) bond motifs is 1. The van der Waals surface area contributed by atoms with Crippen LogP contribution < -0.4 is 5.32 Å². The van der Waals surface area contributed by atoms with E-state index in [1.54, 1.807) is 16.8 Å². The van der Waals surface area contributed by atoms with Gasteiger partial charge in [-0.1, -0.05) is 0 Å². The highest BCUT2D eigenvalue weighted by molar-refractivity contribution is 7.71. The molecule has 150 valence electrons. The van der Waals surface area contributed by atoms with Crippen molar-refractivity contribution in [3.8, 4) is 5.69 Å². The summed E-state index contributed by atoms with van der Waals surface area (Å²) < 4.78 is 17.7. The van der Waals surface area contributed by atoms with Crippen molar-refractivity contribution in [2.75, 3.05) is 0 Å². The number of H-pyrrole nitrogens is 1. The lowest BCUT2D eigenvalue weighted by Gasteiger charge is -2.14. The maximum Gasteiger partial charge on any atom is 0.272 e. The van der Waals surface area contributed by atoms with E-state index in [0.29, 0.717) is 23.1 Å². The van der Waals surface area contributed by atoms with Crippen molar-refractivity contribution in [1.29, 1.82) is 0 Å². The van der Waals surface area contributed by atoms with Crippen LogP contribution >= 0.6 is 12.2 Å². The predicted molar refractivity (Wildman–Crippen MR) is 107 cm³/mol. The minimum absolute atomic E-state index is 0.222. The molecule has 0 bridgehead atoms. The van der Waals surface area contributed by atoms with Crippen LogP contribution in [0, 0.1) is 10.6 Å². The van der Waals surface area contributed by atoms with Gasteiger partial charge in [0.05, 0.1) is 12.2 Å². The molecule has 9 heteroatoms. The van der Waals surface area contributed by atoms with Gasteiger partial charge in [-0.05, 0) is 75.0 Å². The van der Waals surface area contributed by atoms with E-state index in [1.165, 1.54) is 12.1 Å². The molecule has 0 aliphatic heterocycles. The first kappa shape index (κ1) is 18.2. The van der Waals surface area contributed by atoms with Crippen molar-refractivity contribution in [2.24, 2.45) is 0 Å². The van der Waals surface area contributed by atoms with Crippen LogP contribution in [-0.4, -0.2) is 30.5 Å². The predicted octanol–water partition coefficient (Wildman–Crippen LogP) is 3.41. The SMILES string of the molecule is O=C(NCc1n[nH]c(=S)n1C1CC1)c1nn(-c2ccc(F)cc2)c2c1CCCC2. The normalized spacial score (nSPS) is 15.9. The Labute approximate surface area is 171 Å². The highest BCUT2D eigenvalue weighted by atomic mass is 32.1. The fourth-order valence-corrected chi connectivity index (χ4v) is 4.29. The van der Waals surface area contributed by atoms with E-state index in [4.69, 9.17) is 12.2 Å². The number of rotatable bonds is 5. The lowest BCUT2D eigenvalue weighted by atomic mass is 9.95. The zero-order valence-corrected chi connectivity index (χ0v) is 16.6. The second kappa shape index (κ2) is 7.22. The first-order chi connectivity index (χ1) is 14.1. The molecule has 0 atom stereocenters. The molecule has 5 rings (SSSR count). The van der Waals surface area contributed by atoms with Gasteiger partial charge in [0.1, 0.15) is 5.82 Å². The lowest BCUT2D eigenvalue weighted by Crippen LogP contribution is -2.26. The Morgan fingerprint density at radius 3 is 2.76 bits per heavy atom. The molecule has 0 unspecified atom stereocenters.